The Morgan fingerprint density at radius 3 is 2.09 bits per heavy atom. The lowest BCUT2D eigenvalue weighted by atomic mass is 10.2. The van der Waals surface area contributed by atoms with Crippen LogP contribution in [0.3, 0.4) is 0 Å². The summed E-state index contributed by atoms with van der Waals surface area (Å²) in [6.45, 7) is 6.03. The van der Waals surface area contributed by atoms with Gasteiger partial charge in [-0.05, 0) is 61.9 Å². The SMILES string of the molecule is CCOc1cc(CNc2ccc(NC(C)=O)cc2)c(Cl)cc1OCC(=O)Nc1ccc(C)cc1. The summed E-state index contributed by atoms with van der Waals surface area (Å²) in [5, 5.41) is 9.31. The Labute approximate surface area is 204 Å². The Hall–Kier alpha value is -3.71. The highest BCUT2D eigenvalue weighted by molar-refractivity contribution is 6.31. The van der Waals surface area contributed by atoms with Crippen molar-refractivity contribution in [3.8, 4) is 11.5 Å². The number of anilines is 3. The molecule has 3 aromatic rings. The molecule has 0 fully saturated rings. The molecule has 0 aliphatic heterocycles. The van der Waals surface area contributed by atoms with Crippen molar-refractivity contribution in [3.05, 3.63) is 76.8 Å². The number of halogens is 1. The number of carbonyl (C=O) groups is 2. The van der Waals surface area contributed by atoms with Gasteiger partial charge < -0.3 is 25.4 Å². The van der Waals surface area contributed by atoms with Gasteiger partial charge in [0.15, 0.2) is 18.1 Å². The zero-order valence-corrected chi connectivity index (χ0v) is 20.2. The van der Waals surface area contributed by atoms with Gasteiger partial charge in [-0.1, -0.05) is 29.3 Å². The van der Waals surface area contributed by atoms with Crippen molar-refractivity contribution in [2.24, 2.45) is 0 Å². The summed E-state index contributed by atoms with van der Waals surface area (Å²) in [6.07, 6.45) is 0. The normalized spacial score (nSPS) is 10.4. The number of hydrogen-bond donors (Lipinski definition) is 3. The fourth-order valence-corrected chi connectivity index (χ4v) is 3.36. The lowest BCUT2D eigenvalue weighted by molar-refractivity contribution is -0.118. The number of amides is 2. The van der Waals surface area contributed by atoms with E-state index in [4.69, 9.17) is 21.1 Å². The van der Waals surface area contributed by atoms with Crippen LogP contribution in [0.1, 0.15) is 25.0 Å². The number of rotatable bonds is 10. The molecule has 178 valence electrons. The van der Waals surface area contributed by atoms with Crippen LogP contribution in [-0.4, -0.2) is 25.0 Å². The third-order valence-electron chi connectivity index (χ3n) is 4.79. The molecule has 0 saturated carbocycles. The Morgan fingerprint density at radius 2 is 1.44 bits per heavy atom. The minimum Gasteiger partial charge on any atom is -0.490 e. The highest BCUT2D eigenvalue weighted by Gasteiger charge is 2.13. The topological polar surface area (TPSA) is 88.7 Å². The summed E-state index contributed by atoms with van der Waals surface area (Å²) in [7, 11) is 0. The van der Waals surface area contributed by atoms with E-state index in [0.29, 0.717) is 35.4 Å². The van der Waals surface area contributed by atoms with Crippen molar-refractivity contribution in [2.45, 2.75) is 27.3 Å². The molecule has 0 saturated heterocycles. The Bertz CT molecular complexity index is 1130. The van der Waals surface area contributed by atoms with Gasteiger partial charge in [0.25, 0.3) is 5.91 Å². The standard InChI is InChI=1S/C26H28ClN3O4/c1-4-33-24-13-19(15-28-20-9-11-21(12-10-20)29-18(3)31)23(27)14-25(24)34-16-26(32)30-22-7-5-17(2)6-8-22/h5-14,28H,4,15-16H2,1-3H3,(H,29,31)(H,30,32). The Balaban J connectivity index is 1.63. The van der Waals surface area contributed by atoms with E-state index in [2.05, 4.69) is 16.0 Å². The molecule has 0 atom stereocenters. The third-order valence-corrected chi connectivity index (χ3v) is 5.15. The molecule has 3 N–H and O–H groups in total. The average molecular weight is 482 g/mol. The van der Waals surface area contributed by atoms with Gasteiger partial charge in [0.2, 0.25) is 5.91 Å². The van der Waals surface area contributed by atoms with Gasteiger partial charge in [0, 0.05) is 41.6 Å². The maximum atomic E-state index is 12.3. The molecule has 0 heterocycles. The molecule has 8 heteroatoms. The quantitative estimate of drug-likeness (QED) is 0.349. The summed E-state index contributed by atoms with van der Waals surface area (Å²) in [4.78, 5) is 23.4. The number of ether oxygens (including phenoxy) is 2. The molecule has 0 unspecified atom stereocenters. The van der Waals surface area contributed by atoms with Gasteiger partial charge >= 0.3 is 0 Å². The maximum Gasteiger partial charge on any atom is 0.262 e. The zero-order chi connectivity index (χ0) is 24.5. The van der Waals surface area contributed by atoms with Crippen molar-refractivity contribution in [2.75, 3.05) is 29.2 Å². The van der Waals surface area contributed by atoms with Crippen LogP contribution in [0, 0.1) is 6.92 Å². The molecule has 0 radical (unpaired) electrons. The molecule has 3 rings (SSSR count). The molecule has 0 aliphatic carbocycles. The van der Waals surface area contributed by atoms with Crippen LogP contribution in [0.4, 0.5) is 17.1 Å². The smallest absolute Gasteiger partial charge is 0.262 e. The molecule has 7 nitrogen and oxygen atoms in total. The molecular formula is C26H28ClN3O4. The van der Waals surface area contributed by atoms with Gasteiger partial charge in [-0.25, -0.2) is 0 Å². The first kappa shape index (κ1) is 24.9. The van der Waals surface area contributed by atoms with E-state index in [9.17, 15) is 9.59 Å². The van der Waals surface area contributed by atoms with E-state index in [-0.39, 0.29) is 18.4 Å². The number of nitrogens with one attached hydrogen (secondary N) is 3. The molecule has 0 aliphatic rings. The second-order valence-electron chi connectivity index (χ2n) is 7.64. The van der Waals surface area contributed by atoms with Gasteiger partial charge in [-0.2, -0.15) is 0 Å². The molecule has 0 aromatic heterocycles. The summed E-state index contributed by atoms with van der Waals surface area (Å²) in [5.74, 6) is 0.504. The van der Waals surface area contributed by atoms with Crippen molar-refractivity contribution in [1.29, 1.82) is 0 Å². The molecule has 3 aromatic carbocycles. The number of hydrogen-bond acceptors (Lipinski definition) is 5. The highest BCUT2D eigenvalue weighted by atomic mass is 35.5. The summed E-state index contributed by atoms with van der Waals surface area (Å²) < 4.78 is 11.4. The van der Waals surface area contributed by atoms with Crippen molar-refractivity contribution in [3.63, 3.8) is 0 Å². The predicted octanol–water partition coefficient (Wildman–Crippen LogP) is 5.64. The van der Waals surface area contributed by atoms with Crippen LogP contribution in [-0.2, 0) is 16.1 Å². The number of benzene rings is 3. The molecule has 34 heavy (non-hydrogen) atoms. The molecule has 0 spiro atoms. The number of carbonyl (C=O) groups excluding carboxylic acids is 2. The van der Waals surface area contributed by atoms with Gasteiger partial charge in [-0.15, -0.1) is 0 Å². The van der Waals surface area contributed by atoms with E-state index >= 15 is 0 Å². The van der Waals surface area contributed by atoms with Crippen LogP contribution in [0.5, 0.6) is 11.5 Å². The van der Waals surface area contributed by atoms with E-state index in [1.54, 1.807) is 12.1 Å². The first-order chi connectivity index (χ1) is 16.3. The first-order valence-electron chi connectivity index (χ1n) is 10.9. The van der Waals surface area contributed by atoms with Crippen LogP contribution < -0.4 is 25.4 Å². The monoisotopic (exact) mass is 481 g/mol. The van der Waals surface area contributed by atoms with Crippen LogP contribution in [0.15, 0.2) is 60.7 Å². The van der Waals surface area contributed by atoms with Crippen molar-refractivity contribution < 1.29 is 19.1 Å². The van der Waals surface area contributed by atoms with Crippen molar-refractivity contribution >= 4 is 40.5 Å². The summed E-state index contributed by atoms with van der Waals surface area (Å²) in [5.41, 5.74) is 4.22. The van der Waals surface area contributed by atoms with Crippen LogP contribution >= 0.6 is 11.6 Å². The largest absolute Gasteiger partial charge is 0.490 e. The van der Waals surface area contributed by atoms with Crippen LogP contribution in [0.25, 0.3) is 0 Å². The van der Waals surface area contributed by atoms with E-state index in [0.717, 1.165) is 22.5 Å². The fraction of sp³-hybridized carbons (Fsp3) is 0.231. The lowest BCUT2D eigenvalue weighted by Gasteiger charge is -2.16. The van der Waals surface area contributed by atoms with Crippen molar-refractivity contribution in [1.82, 2.24) is 0 Å². The highest BCUT2D eigenvalue weighted by Crippen LogP contribution is 2.34. The third kappa shape index (κ3) is 7.42. The van der Waals surface area contributed by atoms with Gasteiger partial charge in [-0.3, -0.25) is 9.59 Å². The van der Waals surface area contributed by atoms with E-state index in [1.807, 2.05) is 62.4 Å². The maximum absolute atomic E-state index is 12.3. The van der Waals surface area contributed by atoms with Gasteiger partial charge in [0.1, 0.15) is 0 Å². The second kappa shape index (κ2) is 12.0. The fourth-order valence-electron chi connectivity index (χ4n) is 3.14. The van der Waals surface area contributed by atoms with E-state index < -0.39 is 0 Å². The lowest BCUT2D eigenvalue weighted by Crippen LogP contribution is -2.20. The second-order valence-corrected chi connectivity index (χ2v) is 8.05. The Morgan fingerprint density at radius 1 is 0.853 bits per heavy atom. The summed E-state index contributed by atoms with van der Waals surface area (Å²) >= 11 is 6.49. The summed E-state index contributed by atoms with van der Waals surface area (Å²) in [6, 6.07) is 18.3. The average Bonchev–Trinajstić information content (AvgIpc) is 2.80. The molecule has 0 bridgehead atoms. The van der Waals surface area contributed by atoms with Crippen LogP contribution in [0.2, 0.25) is 5.02 Å². The first-order valence-corrected chi connectivity index (χ1v) is 11.3. The zero-order valence-electron chi connectivity index (χ0n) is 19.4. The Kier molecular flexibility index (Phi) is 8.76. The van der Waals surface area contributed by atoms with E-state index in [1.165, 1.54) is 6.92 Å². The molecule has 2 amide bonds. The minimum absolute atomic E-state index is 0.120. The minimum atomic E-state index is -0.282. The molecular weight excluding hydrogens is 454 g/mol. The predicted molar refractivity (Wildman–Crippen MR) is 136 cm³/mol. The van der Waals surface area contributed by atoms with Gasteiger partial charge in [0.05, 0.1) is 6.61 Å². The number of aryl methyl sites for hydroxylation is 1.